The summed E-state index contributed by atoms with van der Waals surface area (Å²) in [6.45, 7) is 5.21. The van der Waals surface area contributed by atoms with E-state index in [0.717, 1.165) is 24.5 Å². The van der Waals surface area contributed by atoms with E-state index < -0.39 is 0 Å². The van der Waals surface area contributed by atoms with Crippen LogP contribution in [0.4, 0.5) is 0 Å². The van der Waals surface area contributed by atoms with Gasteiger partial charge in [0.15, 0.2) is 0 Å². The van der Waals surface area contributed by atoms with Crippen LogP contribution in [0.5, 0.6) is 0 Å². The van der Waals surface area contributed by atoms with Gasteiger partial charge in [-0.1, -0.05) is 25.4 Å². The number of halogens is 1. The molecule has 0 spiro atoms. The second-order valence-corrected chi connectivity index (χ2v) is 5.64. The molecule has 0 amide bonds. The molecular weight excluding hydrogens is 274 g/mol. The van der Waals surface area contributed by atoms with E-state index in [9.17, 15) is 0 Å². The summed E-state index contributed by atoms with van der Waals surface area (Å²) in [5, 5.41) is 8.20. The molecule has 0 aliphatic heterocycles. The first-order valence-electron chi connectivity index (χ1n) is 6.75. The molecule has 2 aromatic heterocycles. The maximum Gasteiger partial charge on any atom is 0.138 e. The molecule has 2 heterocycles. The number of pyridine rings is 1. The standard InChI is InChI=1S/C14H20ClN5/c1-10(2)8-20-14(18-9-19-20)6-13(16-3)12-5-4-11(15)7-17-12/h4-5,7,9-10,13,16H,6,8H2,1-3H3. The van der Waals surface area contributed by atoms with Crippen LogP contribution in [-0.2, 0) is 13.0 Å². The molecule has 5 nitrogen and oxygen atoms in total. The lowest BCUT2D eigenvalue weighted by Crippen LogP contribution is -2.22. The molecule has 0 saturated carbocycles. The highest BCUT2D eigenvalue weighted by atomic mass is 35.5. The van der Waals surface area contributed by atoms with E-state index in [2.05, 4.69) is 34.2 Å². The van der Waals surface area contributed by atoms with Crippen molar-refractivity contribution in [2.24, 2.45) is 5.92 Å². The number of hydrogen-bond acceptors (Lipinski definition) is 4. The van der Waals surface area contributed by atoms with Crippen LogP contribution in [0.2, 0.25) is 5.02 Å². The van der Waals surface area contributed by atoms with Crippen LogP contribution in [0.15, 0.2) is 24.7 Å². The molecule has 1 N–H and O–H groups in total. The quantitative estimate of drug-likeness (QED) is 0.889. The molecule has 108 valence electrons. The smallest absolute Gasteiger partial charge is 0.138 e. The van der Waals surface area contributed by atoms with E-state index in [4.69, 9.17) is 11.6 Å². The zero-order chi connectivity index (χ0) is 14.5. The van der Waals surface area contributed by atoms with Crippen molar-refractivity contribution in [3.05, 3.63) is 41.2 Å². The van der Waals surface area contributed by atoms with Crippen molar-refractivity contribution in [1.29, 1.82) is 0 Å². The fourth-order valence-corrected chi connectivity index (χ4v) is 2.19. The topological polar surface area (TPSA) is 55.6 Å². The molecule has 0 saturated heterocycles. The maximum atomic E-state index is 5.88. The van der Waals surface area contributed by atoms with E-state index in [1.54, 1.807) is 12.5 Å². The summed E-state index contributed by atoms with van der Waals surface area (Å²) in [6.07, 6.45) is 4.03. The Labute approximate surface area is 124 Å². The summed E-state index contributed by atoms with van der Waals surface area (Å²) in [5.41, 5.74) is 0.955. The van der Waals surface area contributed by atoms with Gasteiger partial charge in [-0.2, -0.15) is 5.10 Å². The first-order valence-corrected chi connectivity index (χ1v) is 7.13. The van der Waals surface area contributed by atoms with E-state index in [1.165, 1.54) is 0 Å². The van der Waals surface area contributed by atoms with Crippen molar-refractivity contribution in [2.45, 2.75) is 32.9 Å². The van der Waals surface area contributed by atoms with Crippen LogP contribution in [0.3, 0.4) is 0 Å². The first kappa shape index (κ1) is 14.9. The molecule has 0 bridgehead atoms. The van der Waals surface area contributed by atoms with Crippen molar-refractivity contribution in [2.75, 3.05) is 7.05 Å². The lowest BCUT2D eigenvalue weighted by molar-refractivity contribution is 0.449. The van der Waals surface area contributed by atoms with Gasteiger partial charge in [0.1, 0.15) is 12.2 Å². The Hall–Kier alpha value is -1.46. The molecule has 1 atom stereocenters. The predicted molar refractivity (Wildman–Crippen MR) is 79.6 cm³/mol. The third kappa shape index (κ3) is 3.77. The van der Waals surface area contributed by atoms with Gasteiger partial charge >= 0.3 is 0 Å². The van der Waals surface area contributed by atoms with Crippen LogP contribution in [-0.4, -0.2) is 26.8 Å². The fraction of sp³-hybridized carbons (Fsp3) is 0.500. The van der Waals surface area contributed by atoms with Crippen molar-refractivity contribution >= 4 is 11.6 Å². The van der Waals surface area contributed by atoms with Crippen LogP contribution >= 0.6 is 11.6 Å². The summed E-state index contributed by atoms with van der Waals surface area (Å²) < 4.78 is 1.96. The number of likely N-dealkylation sites (N-methyl/N-ethyl adjacent to an activating group) is 1. The fourth-order valence-electron chi connectivity index (χ4n) is 2.08. The molecule has 0 radical (unpaired) electrons. The molecule has 0 aliphatic carbocycles. The molecule has 6 heteroatoms. The van der Waals surface area contributed by atoms with Crippen molar-refractivity contribution in [3.8, 4) is 0 Å². The molecule has 2 rings (SSSR count). The van der Waals surface area contributed by atoms with E-state index in [-0.39, 0.29) is 6.04 Å². The van der Waals surface area contributed by atoms with Gasteiger partial charge < -0.3 is 5.32 Å². The second kappa shape index (κ2) is 6.81. The molecule has 0 fully saturated rings. The molecule has 20 heavy (non-hydrogen) atoms. The van der Waals surface area contributed by atoms with Crippen molar-refractivity contribution in [3.63, 3.8) is 0 Å². The highest BCUT2D eigenvalue weighted by Crippen LogP contribution is 2.17. The van der Waals surface area contributed by atoms with Crippen molar-refractivity contribution < 1.29 is 0 Å². The van der Waals surface area contributed by atoms with Crippen molar-refractivity contribution in [1.82, 2.24) is 25.1 Å². The van der Waals surface area contributed by atoms with E-state index in [1.807, 2.05) is 23.9 Å². The normalized spacial score (nSPS) is 12.8. The van der Waals surface area contributed by atoms with E-state index in [0.29, 0.717) is 10.9 Å². The van der Waals surface area contributed by atoms with E-state index >= 15 is 0 Å². The Morgan fingerprint density at radius 3 is 2.70 bits per heavy atom. The summed E-state index contributed by atoms with van der Waals surface area (Å²) in [5.74, 6) is 1.51. The average molecular weight is 294 g/mol. The van der Waals surface area contributed by atoms with Gasteiger partial charge in [-0.25, -0.2) is 9.67 Å². The highest BCUT2D eigenvalue weighted by molar-refractivity contribution is 6.30. The van der Waals surface area contributed by atoms with Crippen LogP contribution in [0, 0.1) is 5.92 Å². The van der Waals surface area contributed by atoms with Gasteiger partial charge in [0.25, 0.3) is 0 Å². The Bertz CT molecular complexity index is 535. The molecule has 0 aromatic carbocycles. The Morgan fingerprint density at radius 2 is 2.10 bits per heavy atom. The van der Waals surface area contributed by atoms with Gasteiger partial charge in [-0.05, 0) is 25.1 Å². The van der Waals surface area contributed by atoms with Gasteiger partial charge in [0.05, 0.1) is 16.8 Å². The summed E-state index contributed by atoms with van der Waals surface area (Å²) >= 11 is 5.88. The monoisotopic (exact) mass is 293 g/mol. The summed E-state index contributed by atoms with van der Waals surface area (Å²) in [7, 11) is 1.92. The third-order valence-corrected chi connectivity index (χ3v) is 3.30. The average Bonchev–Trinajstić information content (AvgIpc) is 2.83. The summed E-state index contributed by atoms with van der Waals surface area (Å²) in [6, 6.07) is 3.89. The molecule has 0 aliphatic rings. The number of nitrogens with zero attached hydrogens (tertiary/aromatic N) is 4. The lowest BCUT2D eigenvalue weighted by Gasteiger charge is -2.16. The van der Waals surface area contributed by atoms with Gasteiger partial charge in [-0.3, -0.25) is 4.98 Å². The number of rotatable bonds is 6. The Balaban J connectivity index is 2.14. The largest absolute Gasteiger partial charge is 0.311 e. The predicted octanol–water partition coefficient (Wildman–Crippen LogP) is 2.49. The second-order valence-electron chi connectivity index (χ2n) is 5.20. The number of hydrogen-bond donors (Lipinski definition) is 1. The number of aromatic nitrogens is 4. The Kier molecular flexibility index (Phi) is 5.09. The molecule has 2 aromatic rings. The number of nitrogens with one attached hydrogen (secondary N) is 1. The highest BCUT2D eigenvalue weighted by Gasteiger charge is 2.16. The van der Waals surface area contributed by atoms with Crippen LogP contribution < -0.4 is 5.32 Å². The SMILES string of the molecule is CNC(Cc1ncnn1CC(C)C)c1ccc(Cl)cn1. The lowest BCUT2D eigenvalue weighted by atomic mass is 10.1. The maximum absolute atomic E-state index is 5.88. The minimum atomic E-state index is 0.0994. The first-order chi connectivity index (χ1) is 9.60. The minimum Gasteiger partial charge on any atom is -0.311 e. The molecular formula is C14H20ClN5. The molecule has 1 unspecified atom stereocenters. The van der Waals surface area contributed by atoms with Gasteiger partial charge in [0, 0.05) is 19.2 Å². The minimum absolute atomic E-state index is 0.0994. The zero-order valence-corrected chi connectivity index (χ0v) is 12.8. The summed E-state index contributed by atoms with van der Waals surface area (Å²) in [4.78, 5) is 8.73. The third-order valence-electron chi connectivity index (χ3n) is 3.08. The van der Waals surface area contributed by atoms with Crippen LogP contribution in [0.25, 0.3) is 0 Å². The Morgan fingerprint density at radius 1 is 1.30 bits per heavy atom. The van der Waals surface area contributed by atoms with Gasteiger partial charge in [-0.15, -0.1) is 0 Å². The van der Waals surface area contributed by atoms with Crippen LogP contribution in [0.1, 0.15) is 31.4 Å². The van der Waals surface area contributed by atoms with Gasteiger partial charge in [0.2, 0.25) is 0 Å². The zero-order valence-electron chi connectivity index (χ0n) is 12.0.